The van der Waals surface area contributed by atoms with Gasteiger partial charge in [-0.05, 0) is 18.3 Å². The van der Waals surface area contributed by atoms with Gasteiger partial charge in [0.15, 0.2) is 0 Å². The van der Waals surface area contributed by atoms with Gasteiger partial charge in [0.1, 0.15) is 6.61 Å². The Morgan fingerprint density at radius 3 is 3.08 bits per heavy atom. The summed E-state index contributed by atoms with van der Waals surface area (Å²) in [5.41, 5.74) is 0.278. The number of hydrogen-bond donors (Lipinski definition) is 0. The molecule has 68 valence electrons. The topological polar surface area (TPSA) is 29.5 Å². The molecule has 3 nitrogen and oxygen atoms in total. The Morgan fingerprint density at radius 2 is 2.33 bits per heavy atom. The normalized spacial score (nSPS) is 33.0. The first-order valence-electron chi connectivity index (χ1n) is 4.52. The fourth-order valence-electron chi connectivity index (χ4n) is 2.02. The molecule has 2 heterocycles. The standard InChI is InChI=1S/C9H15NO2/c1-9(2)4-3-7-5-12-8(11)10(7)6-9/h7H,3-6H2,1-2H3. The van der Waals surface area contributed by atoms with E-state index in [1.807, 2.05) is 4.90 Å². The lowest BCUT2D eigenvalue weighted by Gasteiger charge is -2.37. The molecule has 2 saturated heterocycles. The summed E-state index contributed by atoms with van der Waals surface area (Å²) in [5.74, 6) is 0. The van der Waals surface area contributed by atoms with Crippen molar-refractivity contribution in [2.45, 2.75) is 32.7 Å². The van der Waals surface area contributed by atoms with Crippen LogP contribution in [0.1, 0.15) is 26.7 Å². The third-order valence-electron chi connectivity index (χ3n) is 2.83. The van der Waals surface area contributed by atoms with Crippen molar-refractivity contribution in [1.82, 2.24) is 4.90 Å². The molecule has 0 N–H and O–H groups in total. The van der Waals surface area contributed by atoms with E-state index in [0.717, 1.165) is 13.0 Å². The van der Waals surface area contributed by atoms with Gasteiger partial charge in [0.25, 0.3) is 0 Å². The fourth-order valence-corrected chi connectivity index (χ4v) is 2.02. The second kappa shape index (κ2) is 2.38. The van der Waals surface area contributed by atoms with Crippen LogP contribution in [0.25, 0.3) is 0 Å². The highest BCUT2D eigenvalue weighted by Gasteiger charge is 2.40. The number of carbonyl (C=O) groups is 1. The van der Waals surface area contributed by atoms with E-state index >= 15 is 0 Å². The van der Waals surface area contributed by atoms with Crippen LogP contribution in [0.15, 0.2) is 0 Å². The first-order chi connectivity index (χ1) is 5.58. The van der Waals surface area contributed by atoms with E-state index in [2.05, 4.69) is 13.8 Å². The van der Waals surface area contributed by atoms with Gasteiger partial charge < -0.3 is 9.64 Å². The van der Waals surface area contributed by atoms with E-state index in [9.17, 15) is 4.79 Å². The van der Waals surface area contributed by atoms with Crippen LogP contribution in [0.4, 0.5) is 4.79 Å². The van der Waals surface area contributed by atoms with Crippen LogP contribution in [0, 0.1) is 5.41 Å². The van der Waals surface area contributed by atoms with Gasteiger partial charge in [0.05, 0.1) is 6.04 Å². The molecular weight excluding hydrogens is 154 g/mol. The summed E-state index contributed by atoms with van der Waals surface area (Å²) in [4.78, 5) is 13.1. The zero-order chi connectivity index (χ0) is 8.77. The van der Waals surface area contributed by atoms with E-state index in [1.165, 1.54) is 6.42 Å². The zero-order valence-electron chi connectivity index (χ0n) is 7.67. The molecule has 0 aromatic carbocycles. The number of cyclic esters (lactones) is 1. The number of fused-ring (bicyclic) bond motifs is 1. The van der Waals surface area contributed by atoms with Crippen molar-refractivity contribution >= 4 is 6.09 Å². The minimum atomic E-state index is -0.118. The van der Waals surface area contributed by atoms with E-state index in [-0.39, 0.29) is 11.5 Å². The lowest BCUT2D eigenvalue weighted by molar-refractivity contribution is 0.110. The van der Waals surface area contributed by atoms with Gasteiger partial charge in [-0.1, -0.05) is 13.8 Å². The quantitative estimate of drug-likeness (QED) is 0.551. The fraction of sp³-hybridized carbons (Fsp3) is 0.889. The van der Waals surface area contributed by atoms with Crippen LogP contribution >= 0.6 is 0 Å². The summed E-state index contributed by atoms with van der Waals surface area (Å²) in [7, 11) is 0. The maximum Gasteiger partial charge on any atom is 0.410 e. The highest BCUT2D eigenvalue weighted by molar-refractivity contribution is 5.70. The van der Waals surface area contributed by atoms with Crippen molar-refractivity contribution < 1.29 is 9.53 Å². The number of hydrogen-bond acceptors (Lipinski definition) is 2. The molecule has 1 amide bonds. The van der Waals surface area contributed by atoms with Crippen LogP contribution in [0.2, 0.25) is 0 Å². The van der Waals surface area contributed by atoms with Gasteiger partial charge in [-0.2, -0.15) is 0 Å². The second-order valence-corrected chi connectivity index (χ2v) is 4.56. The van der Waals surface area contributed by atoms with Crippen LogP contribution in [0.3, 0.4) is 0 Å². The first-order valence-corrected chi connectivity index (χ1v) is 4.52. The Morgan fingerprint density at radius 1 is 1.58 bits per heavy atom. The van der Waals surface area contributed by atoms with E-state index in [4.69, 9.17) is 4.74 Å². The van der Waals surface area contributed by atoms with Crippen LogP contribution in [-0.4, -0.2) is 30.2 Å². The number of carbonyl (C=O) groups excluding carboxylic acids is 1. The zero-order valence-corrected chi connectivity index (χ0v) is 7.67. The summed E-state index contributed by atoms with van der Waals surface area (Å²) < 4.78 is 4.98. The van der Waals surface area contributed by atoms with Gasteiger partial charge in [0.2, 0.25) is 0 Å². The number of nitrogens with zero attached hydrogens (tertiary/aromatic N) is 1. The average molecular weight is 169 g/mol. The summed E-state index contributed by atoms with van der Waals surface area (Å²) in [5, 5.41) is 0. The van der Waals surface area contributed by atoms with Crippen molar-refractivity contribution in [2.24, 2.45) is 5.41 Å². The molecule has 2 aliphatic heterocycles. The second-order valence-electron chi connectivity index (χ2n) is 4.56. The van der Waals surface area contributed by atoms with Gasteiger partial charge in [-0.15, -0.1) is 0 Å². The molecule has 1 atom stereocenters. The number of amides is 1. The number of piperidine rings is 1. The smallest absolute Gasteiger partial charge is 0.410 e. The van der Waals surface area contributed by atoms with Crippen molar-refractivity contribution in [2.75, 3.05) is 13.2 Å². The van der Waals surface area contributed by atoms with Crippen LogP contribution in [-0.2, 0) is 4.74 Å². The largest absolute Gasteiger partial charge is 0.447 e. The monoisotopic (exact) mass is 169 g/mol. The Hall–Kier alpha value is -0.730. The molecule has 0 bridgehead atoms. The predicted molar refractivity (Wildman–Crippen MR) is 44.9 cm³/mol. The lowest BCUT2D eigenvalue weighted by Crippen LogP contribution is -2.45. The molecule has 2 rings (SSSR count). The van der Waals surface area contributed by atoms with E-state index < -0.39 is 0 Å². The minimum Gasteiger partial charge on any atom is -0.447 e. The van der Waals surface area contributed by atoms with Gasteiger partial charge in [-0.25, -0.2) is 4.79 Å². The molecule has 12 heavy (non-hydrogen) atoms. The van der Waals surface area contributed by atoms with Crippen molar-refractivity contribution in [1.29, 1.82) is 0 Å². The maximum atomic E-state index is 11.2. The Kier molecular flexibility index (Phi) is 1.56. The van der Waals surface area contributed by atoms with Crippen molar-refractivity contribution in [3.8, 4) is 0 Å². The molecule has 0 aliphatic carbocycles. The Bertz CT molecular complexity index is 213. The van der Waals surface area contributed by atoms with Gasteiger partial charge in [0, 0.05) is 6.54 Å². The van der Waals surface area contributed by atoms with Crippen molar-refractivity contribution in [3.63, 3.8) is 0 Å². The summed E-state index contributed by atoms with van der Waals surface area (Å²) >= 11 is 0. The van der Waals surface area contributed by atoms with Crippen LogP contribution < -0.4 is 0 Å². The SMILES string of the molecule is CC1(C)CCC2COC(=O)N2C1. The number of ether oxygens (including phenoxy) is 1. The summed E-state index contributed by atoms with van der Waals surface area (Å²) in [6.45, 7) is 5.87. The molecule has 2 fully saturated rings. The maximum absolute atomic E-state index is 11.2. The lowest BCUT2D eigenvalue weighted by atomic mass is 9.82. The highest BCUT2D eigenvalue weighted by atomic mass is 16.6. The van der Waals surface area contributed by atoms with E-state index in [0.29, 0.717) is 12.6 Å². The van der Waals surface area contributed by atoms with Gasteiger partial charge in [-0.3, -0.25) is 0 Å². The Labute approximate surface area is 72.7 Å². The summed E-state index contributed by atoms with van der Waals surface area (Å²) in [6.07, 6.45) is 2.18. The third-order valence-corrected chi connectivity index (χ3v) is 2.83. The predicted octanol–water partition coefficient (Wildman–Crippen LogP) is 1.63. The number of rotatable bonds is 0. The molecule has 0 aromatic rings. The molecule has 2 aliphatic rings. The molecular formula is C9H15NO2. The van der Waals surface area contributed by atoms with Crippen molar-refractivity contribution in [3.05, 3.63) is 0 Å². The van der Waals surface area contributed by atoms with Crippen LogP contribution in [0.5, 0.6) is 0 Å². The molecule has 0 saturated carbocycles. The molecule has 0 aromatic heterocycles. The molecule has 1 unspecified atom stereocenters. The molecule has 3 heteroatoms. The van der Waals surface area contributed by atoms with Gasteiger partial charge >= 0.3 is 6.09 Å². The third kappa shape index (κ3) is 1.17. The summed E-state index contributed by atoms with van der Waals surface area (Å²) in [6, 6.07) is 0.366. The van der Waals surface area contributed by atoms with E-state index in [1.54, 1.807) is 0 Å². The first kappa shape index (κ1) is 7.90. The minimum absolute atomic E-state index is 0.118. The Balaban J connectivity index is 2.11. The molecule has 0 radical (unpaired) electrons. The molecule has 0 spiro atoms. The average Bonchev–Trinajstić information content (AvgIpc) is 2.31. The highest BCUT2D eigenvalue weighted by Crippen LogP contribution is 2.34.